The van der Waals surface area contributed by atoms with Gasteiger partial charge in [0.25, 0.3) is 0 Å². The molecule has 2 aromatic rings. The van der Waals surface area contributed by atoms with Gasteiger partial charge in [-0.15, -0.1) is 0 Å². The van der Waals surface area contributed by atoms with E-state index in [-0.39, 0.29) is 0 Å². The summed E-state index contributed by atoms with van der Waals surface area (Å²) in [5.74, 6) is 4.79. The summed E-state index contributed by atoms with van der Waals surface area (Å²) in [6.45, 7) is 1.49. The number of hydrogen-bond acceptors (Lipinski definition) is 2. The number of ether oxygens (including phenoxy) is 1. The van der Waals surface area contributed by atoms with Gasteiger partial charge in [0, 0.05) is 17.6 Å². The lowest BCUT2D eigenvalue weighted by molar-refractivity contribution is -0.0142. The van der Waals surface area contributed by atoms with Gasteiger partial charge in [0.15, 0.2) is 0 Å². The van der Waals surface area contributed by atoms with Gasteiger partial charge in [0.1, 0.15) is 12.4 Å². The molecular weight excluding hydrogens is 434 g/mol. The average molecular weight is 461 g/mol. The molecule has 0 aromatic heterocycles. The summed E-state index contributed by atoms with van der Waals surface area (Å²) in [5, 5.41) is 4.67. The highest BCUT2D eigenvalue weighted by Crippen LogP contribution is 2.53. The molecule has 0 heterocycles. The average Bonchev–Trinajstić information content (AvgIpc) is 2.67. The lowest BCUT2D eigenvalue weighted by Gasteiger charge is -2.54. The molecule has 4 saturated carbocycles. The van der Waals surface area contributed by atoms with Crippen LogP contribution in [0, 0.1) is 23.7 Å². The Balaban J connectivity index is 1.18. The number of nitrogens with one attached hydrogen (secondary N) is 1. The van der Waals surface area contributed by atoms with E-state index in [2.05, 4.69) is 39.4 Å². The Morgan fingerprint density at radius 1 is 0.893 bits per heavy atom. The first-order valence-corrected chi connectivity index (χ1v) is 11.7. The van der Waals surface area contributed by atoms with Crippen LogP contribution in [0.5, 0.6) is 5.75 Å². The third kappa shape index (κ3) is 3.99. The molecule has 0 amide bonds. The highest BCUT2D eigenvalue weighted by atomic mass is 79.9. The Kier molecular flexibility index (Phi) is 5.42. The second-order valence-corrected chi connectivity index (χ2v) is 10.3. The van der Waals surface area contributed by atoms with Crippen molar-refractivity contribution in [1.29, 1.82) is 0 Å². The molecule has 1 N–H and O–H groups in total. The minimum absolute atomic E-state index is 0.543. The van der Waals surface area contributed by atoms with E-state index >= 15 is 0 Å². The maximum absolute atomic E-state index is 5.98. The van der Waals surface area contributed by atoms with Crippen LogP contribution in [-0.2, 0) is 13.2 Å². The maximum Gasteiger partial charge on any atom is 0.134 e. The molecule has 4 heteroatoms. The Hall–Kier alpha value is -1.03. The van der Waals surface area contributed by atoms with Crippen molar-refractivity contribution in [3.05, 3.63) is 63.1 Å². The number of benzene rings is 2. The molecule has 4 aliphatic rings. The van der Waals surface area contributed by atoms with E-state index in [4.69, 9.17) is 16.3 Å². The standard InChI is InChI=1S/C24H27BrClNO/c25-22-12-16(3-6-23(22)28-14-15-1-4-21(26)5-2-15)13-27-24-19-8-17-7-18(10-19)11-20(24)9-17/h1-6,12,17-20,24,27H,7-11,13-14H2. The molecule has 28 heavy (non-hydrogen) atoms. The second-order valence-electron chi connectivity index (χ2n) is 9.02. The van der Waals surface area contributed by atoms with E-state index < -0.39 is 0 Å². The van der Waals surface area contributed by atoms with Gasteiger partial charge in [0.2, 0.25) is 0 Å². The molecule has 0 radical (unpaired) electrons. The summed E-state index contributed by atoms with van der Waals surface area (Å²) >= 11 is 9.63. The van der Waals surface area contributed by atoms with Gasteiger partial charge in [0.05, 0.1) is 4.47 Å². The lowest BCUT2D eigenvalue weighted by atomic mass is 9.54. The van der Waals surface area contributed by atoms with Crippen LogP contribution in [0.4, 0.5) is 0 Å². The monoisotopic (exact) mass is 459 g/mol. The number of hydrogen-bond donors (Lipinski definition) is 1. The van der Waals surface area contributed by atoms with Crippen molar-refractivity contribution in [2.75, 3.05) is 0 Å². The largest absolute Gasteiger partial charge is 0.488 e. The summed E-state index contributed by atoms with van der Waals surface area (Å²) in [5.41, 5.74) is 2.43. The van der Waals surface area contributed by atoms with Crippen LogP contribution in [0.1, 0.15) is 43.2 Å². The summed E-state index contributed by atoms with van der Waals surface area (Å²) in [7, 11) is 0. The van der Waals surface area contributed by atoms with Crippen molar-refractivity contribution in [2.45, 2.75) is 51.3 Å². The number of rotatable bonds is 6. The van der Waals surface area contributed by atoms with Crippen LogP contribution in [0.2, 0.25) is 5.02 Å². The molecule has 0 unspecified atom stereocenters. The van der Waals surface area contributed by atoms with Crippen molar-refractivity contribution >= 4 is 27.5 Å². The van der Waals surface area contributed by atoms with Gasteiger partial charge in [-0.05, 0) is 107 Å². The Morgan fingerprint density at radius 3 is 2.18 bits per heavy atom. The summed E-state index contributed by atoms with van der Waals surface area (Å²) in [4.78, 5) is 0. The van der Waals surface area contributed by atoms with E-state index in [1.807, 2.05) is 24.3 Å². The summed E-state index contributed by atoms with van der Waals surface area (Å²) in [6.07, 6.45) is 7.37. The molecule has 4 fully saturated rings. The van der Waals surface area contributed by atoms with Crippen molar-refractivity contribution in [2.24, 2.45) is 23.7 Å². The fraction of sp³-hybridized carbons (Fsp3) is 0.500. The molecule has 0 spiro atoms. The maximum atomic E-state index is 5.98. The fourth-order valence-electron chi connectivity index (χ4n) is 6.01. The smallest absolute Gasteiger partial charge is 0.134 e. The Labute approximate surface area is 181 Å². The first-order chi connectivity index (χ1) is 13.6. The van der Waals surface area contributed by atoms with Crippen LogP contribution in [-0.4, -0.2) is 6.04 Å². The first-order valence-electron chi connectivity index (χ1n) is 10.5. The molecule has 0 saturated heterocycles. The Morgan fingerprint density at radius 2 is 1.54 bits per heavy atom. The third-order valence-electron chi connectivity index (χ3n) is 7.07. The third-order valence-corrected chi connectivity index (χ3v) is 7.94. The molecule has 0 aliphatic heterocycles. The fourth-order valence-corrected chi connectivity index (χ4v) is 6.67. The molecular formula is C24H27BrClNO. The zero-order chi connectivity index (χ0) is 19.1. The quantitative estimate of drug-likeness (QED) is 0.524. The minimum atomic E-state index is 0.543. The van der Waals surface area contributed by atoms with Crippen LogP contribution in [0.15, 0.2) is 46.9 Å². The van der Waals surface area contributed by atoms with E-state index in [0.717, 1.165) is 57.1 Å². The predicted octanol–water partition coefficient (Wildman–Crippen LogP) is 6.60. The Bertz CT molecular complexity index is 809. The normalized spacial score (nSPS) is 30.6. The van der Waals surface area contributed by atoms with Crippen molar-refractivity contribution in [3.8, 4) is 5.75 Å². The predicted molar refractivity (Wildman–Crippen MR) is 118 cm³/mol. The van der Waals surface area contributed by atoms with Crippen molar-refractivity contribution in [3.63, 3.8) is 0 Å². The van der Waals surface area contributed by atoms with Crippen molar-refractivity contribution in [1.82, 2.24) is 5.32 Å². The van der Waals surface area contributed by atoms with Gasteiger partial charge in [-0.1, -0.05) is 29.8 Å². The van der Waals surface area contributed by atoms with Gasteiger partial charge >= 0.3 is 0 Å². The number of halogens is 2. The zero-order valence-electron chi connectivity index (χ0n) is 16.0. The van der Waals surface area contributed by atoms with Crippen LogP contribution in [0.3, 0.4) is 0 Å². The highest BCUT2D eigenvalue weighted by Gasteiger charge is 2.47. The zero-order valence-corrected chi connectivity index (χ0v) is 18.4. The molecule has 4 bridgehead atoms. The minimum Gasteiger partial charge on any atom is -0.488 e. The van der Waals surface area contributed by atoms with Crippen LogP contribution < -0.4 is 10.1 Å². The van der Waals surface area contributed by atoms with Gasteiger partial charge in [-0.2, -0.15) is 0 Å². The molecule has 2 nitrogen and oxygen atoms in total. The highest BCUT2D eigenvalue weighted by molar-refractivity contribution is 9.10. The van der Waals surface area contributed by atoms with E-state index in [1.54, 1.807) is 0 Å². The molecule has 2 aromatic carbocycles. The van der Waals surface area contributed by atoms with Crippen LogP contribution in [0.25, 0.3) is 0 Å². The van der Waals surface area contributed by atoms with Gasteiger partial charge in [-0.3, -0.25) is 0 Å². The molecule has 4 aliphatic carbocycles. The van der Waals surface area contributed by atoms with E-state index in [0.29, 0.717) is 6.61 Å². The SMILES string of the molecule is Clc1ccc(COc2ccc(CNC3C4CC5CC(C4)CC3C5)cc2Br)cc1. The molecule has 0 atom stereocenters. The van der Waals surface area contributed by atoms with Crippen molar-refractivity contribution < 1.29 is 4.74 Å². The summed E-state index contributed by atoms with van der Waals surface area (Å²) < 4.78 is 7.00. The van der Waals surface area contributed by atoms with Gasteiger partial charge in [-0.25, -0.2) is 0 Å². The van der Waals surface area contributed by atoms with E-state index in [9.17, 15) is 0 Å². The first kappa shape index (κ1) is 19.0. The van der Waals surface area contributed by atoms with Crippen LogP contribution >= 0.6 is 27.5 Å². The molecule has 148 valence electrons. The topological polar surface area (TPSA) is 21.3 Å². The van der Waals surface area contributed by atoms with Gasteiger partial charge < -0.3 is 10.1 Å². The second kappa shape index (κ2) is 8.01. The lowest BCUT2D eigenvalue weighted by Crippen LogP contribution is -2.54. The summed E-state index contributed by atoms with van der Waals surface area (Å²) in [6, 6.07) is 15.0. The molecule has 6 rings (SSSR count). The van der Waals surface area contributed by atoms with E-state index in [1.165, 1.54) is 37.7 Å².